The number of fused-ring (bicyclic) bond motifs is 1. The first-order valence-electron chi connectivity index (χ1n) is 9.56. The van der Waals surface area contributed by atoms with Crippen LogP contribution in [-0.2, 0) is 29.5 Å². The molecule has 161 valence electrons. The second-order valence-corrected chi connectivity index (χ2v) is 10.6. The number of aryl methyl sites for hydroxylation is 1. The lowest BCUT2D eigenvalue weighted by Crippen LogP contribution is -2.08. The SMILES string of the molecule is Cc1c(C[CH]C(C)(C)C)c2cc(S(=O)(=O)c3ccc(C(F)(F)F)cc3)ccc2n1C. The van der Waals surface area contributed by atoms with Crippen LogP contribution in [0.4, 0.5) is 13.2 Å². The maximum atomic E-state index is 13.1. The van der Waals surface area contributed by atoms with Gasteiger partial charge in [-0.25, -0.2) is 8.42 Å². The topological polar surface area (TPSA) is 39.1 Å². The first-order chi connectivity index (χ1) is 13.7. The zero-order valence-electron chi connectivity index (χ0n) is 17.6. The van der Waals surface area contributed by atoms with E-state index >= 15 is 0 Å². The summed E-state index contributed by atoms with van der Waals surface area (Å²) in [5.74, 6) is 0. The second kappa shape index (κ2) is 7.45. The first kappa shape index (κ1) is 22.4. The molecule has 0 amide bonds. The average Bonchev–Trinajstić information content (AvgIpc) is 2.89. The molecule has 3 aromatic rings. The summed E-state index contributed by atoms with van der Waals surface area (Å²) in [7, 11) is -2.01. The standard InChI is InChI=1S/C23H25F3NO2S/c1-15-19(12-13-22(2,3)4)20-14-18(10-11-21(20)27(15)5)30(28,29)17-8-6-16(7-9-17)23(24,25)26/h6-11,13-14H,12H2,1-5H3. The zero-order chi connectivity index (χ0) is 22.5. The number of alkyl halides is 3. The Bertz CT molecular complexity index is 1180. The van der Waals surface area contributed by atoms with Crippen LogP contribution < -0.4 is 0 Å². The molecule has 0 atom stereocenters. The lowest BCUT2D eigenvalue weighted by atomic mass is 9.88. The predicted octanol–water partition coefficient (Wildman–Crippen LogP) is 6.13. The number of hydrogen-bond donors (Lipinski definition) is 0. The first-order valence-corrected chi connectivity index (χ1v) is 11.0. The molecule has 0 saturated carbocycles. The van der Waals surface area contributed by atoms with E-state index in [1.807, 2.05) is 18.5 Å². The van der Waals surface area contributed by atoms with Gasteiger partial charge in [0.1, 0.15) is 0 Å². The van der Waals surface area contributed by atoms with E-state index in [1.54, 1.807) is 12.1 Å². The van der Waals surface area contributed by atoms with Crippen LogP contribution in [0.3, 0.4) is 0 Å². The second-order valence-electron chi connectivity index (χ2n) is 8.60. The lowest BCUT2D eigenvalue weighted by molar-refractivity contribution is -0.137. The third-order valence-corrected chi connectivity index (χ3v) is 7.08. The van der Waals surface area contributed by atoms with Crippen molar-refractivity contribution in [2.75, 3.05) is 0 Å². The zero-order valence-corrected chi connectivity index (χ0v) is 18.4. The smallest absolute Gasteiger partial charge is 0.348 e. The highest BCUT2D eigenvalue weighted by molar-refractivity contribution is 7.91. The van der Waals surface area contributed by atoms with Crippen molar-refractivity contribution in [3.05, 3.63) is 65.7 Å². The minimum absolute atomic E-state index is 0.0124. The third-order valence-electron chi connectivity index (χ3n) is 5.32. The molecular formula is C23H25F3NO2S. The van der Waals surface area contributed by atoms with E-state index in [0.717, 1.165) is 46.4 Å². The summed E-state index contributed by atoms with van der Waals surface area (Å²) >= 11 is 0. The minimum Gasteiger partial charge on any atom is -0.348 e. The van der Waals surface area contributed by atoms with Gasteiger partial charge in [-0.2, -0.15) is 13.2 Å². The van der Waals surface area contributed by atoms with Gasteiger partial charge in [0.15, 0.2) is 0 Å². The Morgan fingerprint density at radius 1 is 0.967 bits per heavy atom. The number of nitrogens with zero attached hydrogens (tertiary/aromatic N) is 1. The molecule has 1 heterocycles. The molecule has 2 aromatic carbocycles. The maximum Gasteiger partial charge on any atom is 0.416 e. The van der Waals surface area contributed by atoms with Crippen LogP contribution in [-0.4, -0.2) is 13.0 Å². The van der Waals surface area contributed by atoms with Gasteiger partial charge in [0.05, 0.1) is 15.4 Å². The van der Waals surface area contributed by atoms with Gasteiger partial charge in [-0.05, 0) is 73.2 Å². The van der Waals surface area contributed by atoms with E-state index in [0.29, 0.717) is 6.42 Å². The van der Waals surface area contributed by atoms with Gasteiger partial charge in [0, 0.05) is 23.6 Å². The number of aromatic nitrogens is 1. The Labute approximate surface area is 175 Å². The number of benzene rings is 2. The van der Waals surface area contributed by atoms with Crippen LogP contribution in [0.25, 0.3) is 10.9 Å². The van der Waals surface area contributed by atoms with Gasteiger partial charge >= 0.3 is 6.18 Å². The molecule has 0 bridgehead atoms. The number of halogens is 3. The molecule has 0 aliphatic rings. The van der Waals surface area contributed by atoms with E-state index in [9.17, 15) is 21.6 Å². The molecule has 1 radical (unpaired) electrons. The van der Waals surface area contributed by atoms with Crippen molar-refractivity contribution in [3.8, 4) is 0 Å². The van der Waals surface area contributed by atoms with E-state index < -0.39 is 21.6 Å². The predicted molar refractivity (Wildman–Crippen MR) is 112 cm³/mol. The van der Waals surface area contributed by atoms with Crippen molar-refractivity contribution in [1.29, 1.82) is 0 Å². The van der Waals surface area contributed by atoms with E-state index in [-0.39, 0.29) is 15.2 Å². The third kappa shape index (κ3) is 4.26. The molecular weight excluding hydrogens is 411 g/mol. The summed E-state index contributed by atoms with van der Waals surface area (Å²) in [6, 6.07) is 8.48. The van der Waals surface area contributed by atoms with Crippen LogP contribution in [0.15, 0.2) is 52.3 Å². The summed E-state index contributed by atoms with van der Waals surface area (Å²) in [5, 5.41) is 0.837. The van der Waals surface area contributed by atoms with Crippen molar-refractivity contribution in [2.24, 2.45) is 12.5 Å². The molecule has 0 aliphatic heterocycles. The lowest BCUT2D eigenvalue weighted by Gasteiger charge is -2.17. The van der Waals surface area contributed by atoms with Crippen molar-refractivity contribution >= 4 is 20.7 Å². The summed E-state index contributed by atoms with van der Waals surface area (Å²) in [6.45, 7) is 8.31. The monoisotopic (exact) mass is 436 g/mol. The Kier molecular flexibility index (Phi) is 5.56. The van der Waals surface area contributed by atoms with Crippen molar-refractivity contribution in [1.82, 2.24) is 4.57 Å². The molecule has 0 saturated heterocycles. The summed E-state index contributed by atoms with van der Waals surface area (Å²) in [6.07, 6.45) is -1.64. The van der Waals surface area contributed by atoms with Gasteiger partial charge in [-0.15, -0.1) is 0 Å². The van der Waals surface area contributed by atoms with E-state index in [2.05, 4.69) is 27.2 Å². The molecule has 0 unspecified atom stereocenters. The Morgan fingerprint density at radius 2 is 1.53 bits per heavy atom. The fourth-order valence-corrected chi connectivity index (χ4v) is 4.71. The van der Waals surface area contributed by atoms with Crippen LogP contribution in [0.1, 0.15) is 37.6 Å². The minimum atomic E-state index is -4.51. The highest BCUT2D eigenvalue weighted by Crippen LogP contribution is 2.34. The average molecular weight is 437 g/mol. The summed E-state index contributed by atoms with van der Waals surface area (Å²) in [4.78, 5) is -0.0947. The number of rotatable bonds is 4. The largest absolute Gasteiger partial charge is 0.416 e. The summed E-state index contributed by atoms with van der Waals surface area (Å²) < 4.78 is 66.5. The fourth-order valence-electron chi connectivity index (χ4n) is 3.42. The number of sulfone groups is 1. The van der Waals surface area contributed by atoms with Gasteiger partial charge in [0.2, 0.25) is 9.84 Å². The Balaban J connectivity index is 2.07. The van der Waals surface area contributed by atoms with E-state index in [1.165, 1.54) is 6.07 Å². The highest BCUT2D eigenvalue weighted by atomic mass is 32.2. The Hall–Kier alpha value is -2.28. The van der Waals surface area contributed by atoms with Gasteiger partial charge in [-0.1, -0.05) is 20.8 Å². The molecule has 0 N–H and O–H groups in total. The highest BCUT2D eigenvalue weighted by Gasteiger charge is 2.31. The van der Waals surface area contributed by atoms with Crippen molar-refractivity contribution in [2.45, 2.75) is 50.1 Å². The fraction of sp³-hybridized carbons (Fsp3) is 0.348. The van der Waals surface area contributed by atoms with Crippen molar-refractivity contribution < 1.29 is 21.6 Å². The van der Waals surface area contributed by atoms with Gasteiger partial charge in [0.25, 0.3) is 0 Å². The van der Waals surface area contributed by atoms with Crippen LogP contribution >= 0.6 is 0 Å². The van der Waals surface area contributed by atoms with Crippen LogP contribution in [0, 0.1) is 18.8 Å². The van der Waals surface area contributed by atoms with E-state index in [4.69, 9.17) is 0 Å². The van der Waals surface area contributed by atoms with Gasteiger partial charge < -0.3 is 4.57 Å². The quantitative estimate of drug-likeness (QED) is 0.493. The molecule has 0 spiro atoms. The molecule has 0 aliphatic carbocycles. The maximum absolute atomic E-state index is 13.1. The van der Waals surface area contributed by atoms with Crippen molar-refractivity contribution in [3.63, 3.8) is 0 Å². The van der Waals surface area contributed by atoms with Crippen LogP contribution in [0.2, 0.25) is 0 Å². The van der Waals surface area contributed by atoms with Gasteiger partial charge in [-0.3, -0.25) is 0 Å². The molecule has 0 fully saturated rings. The molecule has 30 heavy (non-hydrogen) atoms. The molecule has 1 aromatic heterocycles. The molecule has 3 rings (SSSR count). The normalized spacial score (nSPS) is 13.2. The summed E-state index contributed by atoms with van der Waals surface area (Å²) in [5.41, 5.74) is 2.15. The number of hydrogen-bond acceptors (Lipinski definition) is 2. The molecule has 3 nitrogen and oxygen atoms in total. The molecule has 7 heteroatoms. The van der Waals surface area contributed by atoms with Crippen LogP contribution in [0.5, 0.6) is 0 Å². The Morgan fingerprint density at radius 3 is 2.07 bits per heavy atom.